The van der Waals surface area contributed by atoms with E-state index in [0.29, 0.717) is 43.7 Å². The molecule has 2 aliphatic rings. The predicted octanol–water partition coefficient (Wildman–Crippen LogP) is 1.89. The van der Waals surface area contributed by atoms with Crippen LogP contribution in [-0.2, 0) is 16.0 Å². The zero-order valence-corrected chi connectivity index (χ0v) is 19.8. The third kappa shape index (κ3) is 7.65. The van der Waals surface area contributed by atoms with Gasteiger partial charge in [-0.1, -0.05) is 23.7 Å². The van der Waals surface area contributed by atoms with Crippen molar-refractivity contribution in [2.45, 2.75) is 32.2 Å². The van der Waals surface area contributed by atoms with E-state index in [1.165, 1.54) is 0 Å². The minimum atomic E-state index is -0.0340. The van der Waals surface area contributed by atoms with Gasteiger partial charge in [0.2, 0.25) is 11.8 Å². The standard InChI is InChI=1S/C20H28ClN5O2.HI/c1-2-22-20(23-14-18(27)24-17-6-7-17)26-10-8-25(9-11-26)19(28)13-15-4-3-5-16(21)12-15;/h3-5,12,17H,2,6-11,13-14H2,1H3,(H,22,23)(H,24,27);1H. The Morgan fingerprint density at radius 2 is 1.86 bits per heavy atom. The summed E-state index contributed by atoms with van der Waals surface area (Å²) in [5.41, 5.74) is 0.927. The van der Waals surface area contributed by atoms with Gasteiger partial charge in [0, 0.05) is 43.8 Å². The number of nitrogens with one attached hydrogen (secondary N) is 2. The number of carbonyl (C=O) groups excluding carboxylic acids is 2. The summed E-state index contributed by atoms with van der Waals surface area (Å²) in [5.74, 6) is 0.802. The highest BCUT2D eigenvalue weighted by molar-refractivity contribution is 14.0. The lowest BCUT2D eigenvalue weighted by atomic mass is 10.1. The van der Waals surface area contributed by atoms with E-state index < -0.39 is 0 Å². The second-order valence-corrected chi connectivity index (χ2v) is 7.62. The molecular formula is C20H29ClIN5O2. The molecule has 0 aromatic heterocycles. The van der Waals surface area contributed by atoms with E-state index in [-0.39, 0.29) is 42.3 Å². The molecule has 0 spiro atoms. The number of halogens is 2. The number of guanidine groups is 1. The van der Waals surface area contributed by atoms with Gasteiger partial charge in [0.05, 0.1) is 6.42 Å². The first-order valence-corrected chi connectivity index (χ1v) is 10.3. The van der Waals surface area contributed by atoms with Crippen LogP contribution in [0, 0.1) is 0 Å². The molecule has 1 aliphatic carbocycles. The van der Waals surface area contributed by atoms with Crippen molar-refractivity contribution in [3.63, 3.8) is 0 Å². The maximum Gasteiger partial charge on any atom is 0.242 e. The molecule has 1 aromatic rings. The van der Waals surface area contributed by atoms with E-state index in [1.54, 1.807) is 6.07 Å². The van der Waals surface area contributed by atoms with Crippen molar-refractivity contribution < 1.29 is 9.59 Å². The maximum atomic E-state index is 12.6. The maximum absolute atomic E-state index is 12.6. The van der Waals surface area contributed by atoms with Gasteiger partial charge in [0.25, 0.3) is 0 Å². The van der Waals surface area contributed by atoms with E-state index in [0.717, 1.165) is 30.9 Å². The van der Waals surface area contributed by atoms with Gasteiger partial charge in [-0.25, -0.2) is 4.99 Å². The average Bonchev–Trinajstić information content (AvgIpc) is 3.49. The molecule has 0 bridgehead atoms. The number of benzene rings is 1. The number of amides is 2. The summed E-state index contributed by atoms with van der Waals surface area (Å²) in [6, 6.07) is 7.77. The topological polar surface area (TPSA) is 77.0 Å². The number of carbonyl (C=O) groups is 2. The van der Waals surface area contributed by atoms with Crippen molar-refractivity contribution in [3.05, 3.63) is 34.9 Å². The monoisotopic (exact) mass is 533 g/mol. The van der Waals surface area contributed by atoms with Crippen LogP contribution in [0.3, 0.4) is 0 Å². The molecule has 0 unspecified atom stereocenters. The number of nitrogens with zero attached hydrogens (tertiary/aromatic N) is 3. The lowest BCUT2D eigenvalue weighted by Crippen LogP contribution is -2.54. The Kier molecular flexibility index (Phi) is 9.48. The van der Waals surface area contributed by atoms with E-state index in [4.69, 9.17) is 11.6 Å². The molecule has 29 heavy (non-hydrogen) atoms. The van der Waals surface area contributed by atoms with Gasteiger partial charge >= 0.3 is 0 Å². The molecule has 2 N–H and O–H groups in total. The fraction of sp³-hybridized carbons (Fsp3) is 0.550. The largest absolute Gasteiger partial charge is 0.357 e. The minimum absolute atomic E-state index is 0. The Hall–Kier alpha value is -1.55. The van der Waals surface area contributed by atoms with E-state index in [1.807, 2.05) is 30.0 Å². The Bertz CT molecular complexity index is 733. The summed E-state index contributed by atoms with van der Waals surface area (Å²) in [5, 5.41) is 6.84. The molecule has 2 fully saturated rings. The zero-order chi connectivity index (χ0) is 19.9. The molecule has 1 saturated carbocycles. The van der Waals surface area contributed by atoms with Crippen molar-refractivity contribution in [1.29, 1.82) is 0 Å². The summed E-state index contributed by atoms with van der Waals surface area (Å²) < 4.78 is 0. The molecule has 7 nitrogen and oxygen atoms in total. The number of hydrogen-bond acceptors (Lipinski definition) is 3. The van der Waals surface area contributed by atoms with Gasteiger partial charge < -0.3 is 20.4 Å². The molecule has 160 valence electrons. The highest BCUT2D eigenvalue weighted by atomic mass is 127. The van der Waals surface area contributed by atoms with Crippen LogP contribution in [-0.4, -0.2) is 72.9 Å². The third-order valence-corrected chi connectivity index (χ3v) is 5.06. The average molecular weight is 534 g/mol. The first kappa shape index (κ1) is 23.7. The summed E-state index contributed by atoms with van der Waals surface area (Å²) in [6.07, 6.45) is 2.50. The van der Waals surface area contributed by atoms with Crippen LogP contribution >= 0.6 is 35.6 Å². The predicted molar refractivity (Wildman–Crippen MR) is 126 cm³/mol. The number of aliphatic imine (C=N–C) groups is 1. The second kappa shape index (κ2) is 11.6. The van der Waals surface area contributed by atoms with Gasteiger partial charge in [-0.05, 0) is 37.5 Å². The van der Waals surface area contributed by atoms with E-state index >= 15 is 0 Å². The number of piperazine rings is 1. The minimum Gasteiger partial charge on any atom is -0.357 e. The second-order valence-electron chi connectivity index (χ2n) is 7.19. The van der Waals surface area contributed by atoms with Gasteiger partial charge in [-0.15, -0.1) is 24.0 Å². The van der Waals surface area contributed by atoms with Crippen LogP contribution in [0.15, 0.2) is 29.3 Å². The van der Waals surface area contributed by atoms with Crippen LogP contribution < -0.4 is 10.6 Å². The van der Waals surface area contributed by atoms with E-state index in [9.17, 15) is 9.59 Å². The molecule has 0 radical (unpaired) electrons. The molecule has 1 aromatic carbocycles. The Labute approximate surface area is 194 Å². The SMILES string of the molecule is CCNC(=NCC(=O)NC1CC1)N1CCN(C(=O)Cc2cccc(Cl)c2)CC1.I. The summed E-state index contributed by atoms with van der Waals surface area (Å²) in [4.78, 5) is 32.9. The van der Waals surface area contributed by atoms with Gasteiger partial charge in [-0.2, -0.15) is 0 Å². The van der Waals surface area contributed by atoms with E-state index in [2.05, 4.69) is 20.5 Å². The lowest BCUT2D eigenvalue weighted by Gasteiger charge is -2.36. The molecule has 2 amide bonds. The molecule has 9 heteroatoms. The quantitative estimate of drug-likeness (QED) is 0.333. The van der Waals surface area contributed by atoms with Gasteiger partial charge in [0.15, 0.2) is 5.96 Å². The molecule has 1 heterocycles. The Morgan fingerprint density at radius 3 is 2.48 bits per heavy atom. The highest BCUT2D eigenvalue weighted by Gasteiger charge is 2.25. The Morgan fingerprint density at radius 1 is 1.17 bits per heavy atom. The van der Waals surface area contributed by atoms with Crippen molar-refractivity contribution in [2.75, 3.05) is 39.3 Å². The first-order valence-electron chi connectivity index (χ1n) is 9.90. The number of hydrogen-bond donors (Lipinski definition) is 2. The first-order chi connectivity index (χ1) is 13.5. The van der Waals surface area contributed by atoms with Crippen LogP contribution in [0.25, 0.3) is 0 Å². The smallest absolute Gasteiger partial charge is 0.242 e. The van der Waals surface area contributed by atoms with Crippen molar-refractivity contribution >= 4 is 53.4 Å². The molecule has 1 aliphatic heterocycles. The summed E-state index contributed by atoms with van der Waals surface area (Å²) in [7, 11) is 0. The van der Waals surface area contributed by atoms with Crippen molar-refractivity contribution in [3.8, 4) is 0 Å². The summed E-state index contributed by atoms with van der Waals surface area (Å²) in [6.45, 7) is 5.53. The Balaban J connectivity index is 0.00000300. The number of rotatable bonds is 6. The van der Waals surface area contributed by atoms with Crippen molar-refractivity contribution in [2.24, 2.45) is 4.99 Å². The molecule has 0 atom stereocenters. The van der Waals surface area contributed by atoms with Gasteiger partial charge in [-0.3, -0.25) is 9.59 Å². The van der Waals surface area contributed by atoms with Crippen LogP contribution in [0.1, 0.15) is 25.3 Å². The van der Waals surface area contributed by atoms with Crippen LogP contribution in [0.5, 0.6) is 0 Å². The fourth-order valence-electron chi connectivity index (χ4n) is 3.17. The molecule has 1 saturated heterocycles. The highest BCUT2D eigenvalue weighted by Crippen LogP contribution is 2.18. The fourth-order valence-corrected chi connectivity index (χ4v) is 3.39. The summed E-state index contributed by atoms with van der Waals surface area (Å²) >= 11 is 6.00. The van der Waals surface area contributed by atoms with Gasteiger partial charge in [0.1, 0.15) is 6.54 Å². The zero-order valence-electron chi connectivity index (χ0n) is 16.7. The molecule has 3 rings (SSSR count). The van der Waals surface area contributed by atoms with Crippen LogP contribution in [0.4, 0.5) is 0 Å². The normalized spacial score (nSPS) is 16.8. The molecular weight excluding hydrogens is 505 g/mol. The van der Waals surface area contributed by atoms with Crippen molar-refractivity contribution in [1.82, 2.24) is 20.4 Å². The third-order valence-electron chi connectivity index (χ3n) is 4.83. The lowest BCUT2D eigenvalue weighted by molar-refractivity contribution is -0.131. The van der Waals surface area contributed by atoms with Crippen LogP contribution in [0.2, 0.25) is 5.02 Å².